The highest BCUT2D eigenvalue weighted by Crippen LogP contribution is 2.24. The van der Waals surface area contributed by atoms with Gasteiger partial charge in [-0.2, -0.15) is 4.98 Å². The lowest BCUT2D eigenvalue weighted by Crippen LogP contribution is -2.01. The van der Waals surface area contributed by atoms with E-state index in [9.17, 15) is 8.78 Å². The van der Waals surface area contributed by atoms with Crippen LogP contribution < -0.4 is 10.5 Å². The average Bonchev–Trinajstić information content (AvgIpc) is 2.33. The summed E-state index contributed by atoms with van der Waals surface area (Å²) in [7, 11) is 0. The van der Waals surface area contributed by atoms with Crippen molar-refractivity contribution in [3.8, 4) is 11.6 Å². The number of nitrogen functional groups attached to an aromatic ring is 1. The van der Waals surface area contributed by atoms with Gasteiger partial charge in [0.25, 0.3) is 0 Å². The Morgan fingerprint density at radius 1 is 1.22 bits per heavy atom. The van der Waals surface area contributed by atoms with Crippen LogP contribution in [0.25, 0.3) is 0 Å². The molecule has 0 saturated heterocycles. The van der Waals surface area contributed by atoms with Gasteiger partial charge < -0.3 is 10.5 Å². The molecule has 0 amide bonds. The molecule has 0 saturated carbocycles. The zero-order chi connectivity index (χ0) is 13.1. The molecular formula is C12H11F2N3O. The van der Waals surface area contributed by atoms with Crippen molar-refractivity contribution >= 4 is 5.82 Å². The summed E-state index contributed by atoms with van der Waals surface area (Å²) >= 11 is 0. The predicted octanol–water partition coefficient (Wildman–Crippen LogP) is 2.69. The maximum Gasteiger partial charge on any atom is 0.224 e. The molecule has 0 atom stereocenters. The van der Waals surface area contributed by atoms with E-state index in [1.807, 2.05) is 6.92 Å². The van der Waals surface area contributed by atoms with E-state index in [0.717, 1.165) is 18.2 Å². The molecule has 0 spiro atoms. The molecule has 1 aromatic carbocycles. The Morgan fingerprint density at radius 3 is 2.72 bits per heavy atom. The third-order valence-corrected chi connectivity index (χ3v) is 2.19. The fourth-order valence-corrected chi connectivity index (χ4v) is 1.37. The van der Waals surface area contributed by atoms with E-state index >= 15 is 0 Å². The molecule has 2 rings (SSSR count). The first-order chi connectivity index (χ1) is 8.58. The highest BCUT2D eigenvalue weighted by atomic mass is 19.1. The molecule has 0 radical (unpaired) electrons. The molecule has 0 fully saturated rings. The lowest BCUT2D eigenvalue weighted by atomic mass is 10.3. The lowest BCUT2D eigenvalue weighted by molar-refractivity contribution is 0.420. The maximum absolute atomic E-state index is 13.4. The van der Waals surface area contributed by atoms with E-state index in [1.54, 1.807) is 0 Å². The van der Waals surface area contributed by atoms with Crippen molar-refractivity contribution in [3.63, 3.8) is 0 Å². The SMILES string of the molecule is CCc1nc(N)cc(Oc2cc(F)ccc2F)n1. The summed E-state index contributed by atoms with van der Waals surface area (Å²) in [5, 5.41) is 0. The van der Waals surface area contributed by atoms with E-state index in [0.29, 0.717) is 12.2 Å². The average molecular weight is 251 g/mol. The molecule has 0 unspecified atom stereocenters. The van der Waals surface area contributed by atoms with Crippen molar-refractivity contribution < 1.29 is 13.5 Å². The third kappa shape index (κ3) is 2.71. The monoisotopic (exact) mass is 251 g/mol. The Morgan fingerprint density at radius 2 is 2.00 bits per heavy atom. The van der Waals surface area contributed by atoms with Crippen molar-refractivity contribution in [3.05, 3.63) is 41.7 Å². The molecule has 0 bridgehead atoms. The summed E-state index contributed by atoms with van der Waals surface area (Å²) in [5.74, 6) is -0.731. The molecule has 94 valence electrons. The summed E-state index contributed by atoms with van der Waals surface area (Å²) in [6, 6.07) is 4.28. The summed E-state index contributed by atoms with van der Waals surface area (Å²) in [6.07, 6.45) is 0.563. The van der Waals surface area contributed by atoms with E-state index < -0.39 is 11.6 Å². The van der Waals surface area contributed by atoms with Crippen LogP contribution in [0.3, 0.4) is 0 Å². The number of ether oxygens (including phenoxy) is 1. The number of hydrogen-bond acceptors (Lipinski definition) is 4. The summed E-state index contributed by atoms with van der Waals surface area (Å²) in [5.41, 5.74) is 5.56. The Balaban J connectivity index is 2.33. The second-order valence-corrected chi connectivity index (χ2v) is 3.58. The summed E-state index contributed by atoms with van der Waals surface area (Å²) in [6.45, 7) is 1.85. The summed E-state index contributed by atoms with van der Waals surface area (Å²) < 4.78 is 31.5. The van der Waals surface area contributed by atoms with E-state index in [-0.39, 0.29) is 17.4 Å². The van der Waals surface area contributed by atoms with Crippen molar-refractivity contribution in [2.24, 2.45) is 0 Å². The number of rotatable bonds is 3. The van der Waals surface area contributed by atoms with Crippen LogP contribution in [0, 0.1) is 11.6 Å². The minimum absolute atomic E-state index is 0.0869. The van der Waals surface area contributed by atoms with Gasteiger partial charge in [-0.05, 0) is 12.1 Å². The molecule has 0 aliphatic rings. The zero-order valence-corrected chi connectivity index (χ0v) is 9.65. The second-order valence-electron chi connectivity index (χ2n) is 3.58. The zero-order valence-electron chi connectivity index (χ0n) is 9.65. The molecule has 2 N–H and O–H groups in total. The maximum atomic E-state index is 13.4. The minimum atomic E-state index is -0.674. The first-order valence-corrected chi connectivity index (χ1v) is 5.35. The number of benzene rings is 1. The second kappa shape index (κ2) is 4.95. The molecule has 2 aromatic rings. The Kier molecular flexibility index (Phi) is 3.36. The van der Waals surface area contributed by atoms with Crippen molar-refractivity contribution in [2.45, 2.75) is 13.3 Å². The van der Waals surface area contributed by atoms with Crippen LogP contribution in [-0.4, -0.2) is 9.97 Å². The highest BCUT2D eigenvalue weighted by molar-refractivity contribution is 5.36. The molecule has 0 aliphatic heterocycles. The number of halogens is 2. The van der Waals surface area contributed by atoms with Crippen LogP contribution in [0.2, 0.25) is 0 Å². The fraction of sp³-hybridized carbons (Fsp3) is 0.167. The number of aromatic nitrogens is 2. The lowest BCUT2D eigenvalue weighted by Gasteiger charge is -2.07. The topological polar surface area (TPSA) is 61.0 Å². The summed E-state index contributed by atoms with van der Waals surface area (Å²) in [4.78, 5) is 7.97. The van der Waals surface area contributed by atoms with Gasteiger partial charge in [-0.3, -0.25) is 0 Å². The molecule has 18 heavy (non-hydrogen) atoms. The molecule has 6 heteroatoms. The van der Waals surface area contributed by atoms with E-state index in [4.69, 9.17) is 10.5 Å². The van der Waals surface area contributed by atoms with Crippen molar-refractivity contribution in [1.29, 1.82) is 0 Å². The first-order valence-electron chi connectivity index (χ1n) is 5.35. The van der Waals surface area contributed by atoms with Gasteiger partial charge in [0.1, 0.15) is 17.5 Å². The molecule has 1 heterocycles. The van der Waals surface area contributed by atoms with Gasteiger partial charge in [0.05, 0.1) is 0 Å². The largest absolute Gasteiger partial charge is 0.436 e. The number of nitrogens with zero attached hydrogens (tertiary/aromatic N) is 2. The molecular weight excluding hydrogens is 240 g/mol. The third-order valence-electron chi connectivity index (χ3n) is 2.19. The number of anilines is 1. The number of aryl methyl sites for hydroxylation is 1. The number of hydrogen-bond donors (Lipinski definition) is 1. The van der Waals surface area contributed by atoms with Gasteiger partial charge in [-0.25, -0.2) is 13.8 Å². The van der Waals surface area contributed by atoms with Gasteiger partial charge >= 0.3 is 0 Å². The Bertz CT molecular complexity index is 575. The normalized spacial score (nSPS) is 10.4. The van der Waals surface area contributed by atoms with Crippen LogP contribution in [0.1, 0.15) is 12.7 Å². The first kappa shape index (κ1) is 12.2. The minimum Gasteiger partial charge on any atom is -0.436 e. The number of nitrogens with two attached hydrogens (primary N) is 1. The Labute approximate surface area is 102 Å². The fourth-order valence-electron chi connectivity index (χ4n) is 1.37. The van der Waals surface area contributed by atoms with Crippen LogP contribution in [0.15, 0.2) is 24.3 Å². The van der Waals surface area contributed by atoms with Gasteiger partial charge in [0, 0.05) is 18.6 Å². The quantitative estimate of drug-likeness (QED) is 0.911. The Hall–Kier alpha value is -2.24. The van der Waals surface area contributed by atoms with Gasteiger partial charge in [-0.1, -0.05) is 6.92 Å². The van der Waals surface area contributed by atoms with Crippen LogP contribution >= 0.6 is 0 Å². The molecule has 1 aromatic heterocycles. The van der Waals surface area contributed by atoms with Gasteiger partial charge in [0.15, 0.2) is 11.6 Å². The molecule has 4 nitrogen and oxygen atoms in total. The standard InChI is InChI=1S/C12H11F2N3O/c1-2-11-16-10(15)6-12(17-11)18-9-5-7(13)3-4-8(9)14/h3-6H,2H2,1H3,(H2,15,16,17). The van der Waals surface area contributed by atoms with E-state index in [2.05, 4.69) is 9.97 Å². The smallest absolute Gasteiger partial charge is 0.224 e. The van der Waals surface area contributed by atoms with Crippen molar-refractivity contribution in [2.75, 3.05) is 5.73 Å². The van der Waals surface area contributed by atoms with Crippen LogP contribution in [0.4, 0.5) is 14.6 Å². The van der Waals surface area contributed by atoms with E-state index in [1.165, 1.54) is 6.07 Å². The molecule has 0 aliphatic carbocycles. The van der Waals surface area contributed by atoms with Crippen LogP contribution in [0.5, 0.6) is 11.6 Å². The van der Waals surface area contributed by atoms with Crippen molar-refractivity contribution in [1.82, 2.24) is 9.97 Å². The van der Waals surface area contributed by atoms with Gasteiger partial charge in [0.2, 0.25) is 5.88 Å². The van der Waals surface area contributed by atoms with Crippen LogP contribution in [-0.2, 0) is 6.42 Å². The highest BCUT2D eigenvalue weighted by Gasteiger charge is 2.09. The van der Waals surface area contributed by atoms with Gasteiger partial charge in [-0.15, -0.1) is 0 Å². The predicted molar refractivity (Wildman–Crippen MR) is 62.3 cm³/mol.